The van der Waals surface area contributed by atoms with Gasteiger partial charge in [0.1, 0.15) is 5.15 Å². The second-order valence-corrected chi connectivity index (χ2v) is 7.92. The summed E-state index contributed by atoms with van der Waals surface area (Å²) in [5.74, 6) is -0.0245. The molecule has 162 valence electrons. The van der Waals surface area contributed by atoms with E-state index in [2.05, 4.69) is 15.3 Å². The topological polar surface area (TPSA) is 78.4 Å². The van der Waals surface area contributed by atoms with E-state index in [9.17, 15) is 9.90 Å². The number of hydrogen-bond acceptors (Lipinski definition) is 5. The molecular formula is C24H27ClN4O2. The Balaban J connectivity index is 1.44. The number of carbonyl (C=O) groups excluding carboxylic acids is 1. The Morgan fingerprint density at radius 2 is 1.97 bits per heavy atom. The first-order chi connectivity index (χ1) is 14.9. The molecule has 0 spiro atoms. The van der Waals surface area contributed by atoms with Crippen LogP contribution in [0, 0.1) is 6.92 Å². The maximum absolute atomic E-state index is 12.6. The van der Waals surface area contributed by atoms with Crippen molar-refractivity contribution in [3.63, 3.8) is 0 Å². The Kier molecular flexibility index (Phi) is 8.12. The van der Waals surface area contributed by atoms with Crippen molar-refractivity contribution in [3.05, 3.63) is 94.0 Å². The molecule has 2 aromatic heterocycles. The zero-order valence-corrected chi connectivity index (χ0v) is 18.5. The standard InChI is InChI=1S/C24H27ClN4O2/c1-17-12-21(14-28-23(17)25)22(30)15-27-11-9-18-5-7-20(8-6-18)24(31)29(2)16-19-4-3-10-26-13-19/h3-8,10,12-14,22,27,30H,9,11,15-16H2,1-2H3/t22-/m0/s1. The maximum atomic E-state index is 12.6. The number of aliphatic hydroxyl groups excluding tert-OH is 1. The van der Waals surface area contributed by atoms with E-state index < -0.39 is 6.10 Å². The highest BCUT2D eigenvalue weighted by Crippen LogP contribution is 2.17. The molecule has 0 bridgehead atoms. The summed E-state index contributed by atoms with van der Waals surface area (Å²) in [6, 6.07) is 13.3. The van der Waals surface area contributed by atoms with Gasteiger partial charge in [-0.3, -0.25) is 9.78 Å². The summed E-state index contributed by atoms with van der Waals surface area (Å²) in [6.45, 7) is 3.52. The van der Waals surface area contributed by atoms with Gasteiger partial charge >= 0.3 is 0 Å². The van der Waals surface area contributed by atoms with Crippen LogP contribution in [-0.2, 0) is 13.0 Å². The van der Waals surface area contributed by atoms with Crippen molar-refractivity contribution in [2.75, 3.05) is 20.1 Å². The van der Waals surface area contributed by atoms with E-state index in [1.165, 1.54) is 0 Å². The van der Waals surface area contributed by atoms with E-state index in [-0.39, 0.29) is 5.91 Å². The molecule has 0 aliphatic heterocycles. The first kappa shape index (κ1) is 22.9. The number of nitrogens with zero attached hydrogens (tertiary/aromatic N) is 3. The number of aryl methyl sites for hydroxylation is 1. The van der Waals surface area contributed by atoms with Crippen molar-refractivity contribution >= 4 is 17.5 Å². The van der Waals surface area contributed by atoms with Crippen molar-refractivity contribution < 1.29 is 9.90 Å². The third-order valence-electron chi connectivity index (χ3n) is 5.04. The highest BCUT2D eigenvalue weighted by molar-refractivity contribution is 6.30. The predicted octanol–water partition coefficient (Wildman–Crippen LogP) is 3.58. The van der Waals surface area contributed by atoms with Crippen molar-refractivity contribution in [1.29, 1.82) is 0 Å². The highest BCUT2D eigenvalue weighted by atomic mass is 35.5. The first-order valence-corrected chi connectivity index (χ1v) is 10.6. The number of benzene rings is 1. The highest BCUT2D eigenvalue weighted by Gasteiger charge is 2.12. The Morgan fingerprint density at radius 3 is 2.65 bits per heavy atom. The molecule has 0 saturated heterocycles. The minimum atomic E-state index is -0.640. The first-order valence-electron chi connectivity index (χ1n) is 10.2. The van der Waals surface area contributed by atoms with Gasteiger partial charge in [-0.25, -0.2) is 4.98 Å². The molecule has 31 heavy (non-hydrogen) atoms. The number of hydrogen-bond donors (Lipinski definition) is 2. The Morgan fingerprint density at radius 1 is 1.19 bits per heavy atom. The number of halogens is 1. The molecule has 0 unspecified atom stereocenters. The van der Waals surface area contributed by atoms with Crippen LogP contribution in [0.15, 0.2) is 61.1 Å². The minimum absolute atomic E-state index is 0.0245. The predicted molar refractivity (Wildman–Crippen MR) is 122 cm³/mol. The molecule has 0 aliphatic rings. The monoisotopic (exact) mass is 438 g/mol. The molecule has 2 N–H and O–H groups in total. The van der Waals surface area contributed by atoms with Crippen LogP contribution < -0.4 is 5.32 Å². The van der Waals surface area contributed by atoms with Crippen LogP contribution in [0.1, 0.15) is 38.7 Å². The molecule has 3 rings (SSSR count). The average molecular weight is 439 g/mol. The third kappa shape index (κ3) is 6.59. The van der Waals surface area contributed by atoms with Gasteiger partial charge in [0.15, 0.2) is 0 Å². The van der Waals surface area contributed by atoms with Gasteiger partial charge < -0.3 is 15.3 Å². The molecular weight excluding hydrogens is 412 g/mol. The third-order valence-corrected chi connectivity index (χ3v) is 5.43. The zero-order valence-electron chi connectivity index (χ0n) is 17.8. The molecule has 0 aliphatic carbocycles. The number of carbonyl (C=O) groups is 1. The molecule has 3 aromatic rings. The number of nitrogens with one attached hydrogen (secondary N) is 1. The molecule has 7 heteroatoms. The van der Waals surface area contributed by atoms with Gasteiger partial charge in [-0.05, 0) is 60.8 Å². The Hall–Kier alpha value is -2.80. The number of pyridine rings is 2. The SMILES string of the molecule is Cc1cc([C@@H](O)CNCCc2ccc(C(=O)N(C)Cc3cccnc3)cc2)cnc1Cl. The lowest BCUT2D eigenvalue weighted by molar-refractivity contribution is 0.0785. The van der Waals surface area contributed by atoms with Crippen LogP contribution >= 0.6 is 11.6 Å². The van der Waals surface area contributed by atoms with Gasteiger partial charge in [-0.1, -0.05) is 29.8 Å². The second-order valence-electron chi connectivity index (χ2n) is 7.57. The number of aliphatic hydroxyl groups is 1. The van der Waals surface area contributed by atoms with Gasteiger partial charge in [0.2, 0.25) is 0 Å². The summed E-state index contributed by atoms with van der Waals surface area (Å²) in [5.41, 5.74) is 4.36. The van der Waals surface area contributed by atoms with E-state index in [0.717, 1.165) is 28.7 Å². The fourth-order valence-corrected chi connectivity index (χ4v) is 3.33. The second kappa shape index (κ2) is 11.0. The summed E-state index contributed by atoms with van der Waals surface area (Å²) in [4.78, 5) is 22.5. The largest absolute Gasteiger partial charge is 0.387 e. The van der Waals surface area contributed by atoms with Crippen LogP contribution in [0.2, 0.25) is 5.15 Å². The molecule has 0 saturated carbocycles. The lowest BCUT2D eigenvalue weighted by Gasteiger charge is -2.17. The summed E-state index contributed by atoms with van der Waals surface area (Å²) in [6.07, 6.45) is 5.24. The molecule has 1 aromatic carbocycles. The maximum Gasteiger partial charge on any atom is 0.253 e. The van der Waals surface area contributed by atoms with Crippen LogP contribution in [0.4, 0.5) is 0 Å². The van der Waals surface area contributed by atoms with Crippen molar-refractivity contribution in [2.45, 2.75) is 26.0 Å². The average Bonchev–Trinajstić information content (AvgIpc) is 2.79. The van der Waals surface area contributed by atoms with Crippen LogP contribution in [0.5, 0.6) is 0 Å². The van der Waals surface area contributed by atoms with Crippen LogP contribution in [0.3, 0.4) is 0 Å². The quantitative estimate of drug-likeness (QED) is 0.394. The molecule has 0 fully saturated rings. The Bertz CT molecular complexity index is 996. The van der Waals surface area contributed by atoms with E-state index in [4.69, 9.17) is 11.6 Å². The van der Waals surface area contributed by atoms with Crippen molar-refractivity contribution in [2.24, 2.45) is 0 Å². The smallest absolute Gasteiger partial charge is 0.253 e. The summed E-state index contributed by atoms with van der Waals surface area (Å²) in [7, 11) is 1.79. The van der Waals surface area contributed by atoms with Crippen molar-refractivity contribution in [1.82, 2.24) is 20.2 Å². The van der Waals surface area contributed by atoms with Crippen molar-refractivity contribution in [3.8, 4) is 0 Å². The van der Waals surface area contributed by atoms with Gasteiger partial charge in [0, 0.05) is 49.9 Å². The van der Waals surface area contributed by atoms with E-state index >= 15 is 0 Å². The number of amides is 1. The van der Waals surface area contributed by atoms with E-state index in [1.54, 1.807) is 30.5 Å². The molecule has 2 heterocycles. The van der Waals surface area contributed by atoms with E-state index in [1.807, 2.05) is 49.4 Å². The van der Waals surface area contributed by atoms with Gasteiger partial charge in [0.05, 0.1) is 6.10 Å². The van der Waals surface area contributed by atoms with Gasteiger partial charge in [-0.2, -0.15) is 0 Å². The van der Waals surface area contributed by atoms with Crippen LogP contribution in [0.25, 0.3) is 0 Å². The summed E-state index contributed by atoms with van der Waals surface area (Å²) in [5, 5.41) is 14.0. The fraction of sp³-hybridized carbons (Fsp3) is 0.292. The molecule has 0 radical (unpaired) electrons. The lowest BCUT2D eigenvalue weighted by atomic mass is 10.1. The summed E-state index contributed by atoms with van der Waals surface area (Å²) < 4.78 is 0. The molecule has 1 atom stereocenters. The molecule has 1 amide bonds. The van der Waals surface area contributed by atoms with Crippen LogP contribution in [-0.4, -0.2) is 46.0 Å². The Labute approximate surface area is 187 Å². The fourth-order valence-electron chi connectivity index (χ4n) is 3.22. The zero-order chi connectivity index (χ0) is 22.2. The number of rotatable bonds is 9. The van der Waals surface area contributed by atoms with Gasteiger partial charge in [-0.15, -0.1) is 0 Å². The lowest BCUT2D eigenvalue weighted by Crippen LogP contribution is -2.26. The van der Waals surface area contributed by atoms with Gasteiger partial charge in [0.25, 0.3) is 5.91 Å². The molecule has 6 nitrogen and oxygen atoms in total. The van der Waals surface area contributed by atoms with E-state index in [0.29, 0.717) is 30.4 Å². The normalized spacial score (nSPS) is 11.9. The summed E-state index contributed by atoms with van der Waals surface area (Å²) >= 11 is 5.93. The minimum Gasteiger partial charge on any atom is -0.387 e. The number of aromatic nitrogens is 2.